The number of rotatable bonds is 5. The first-order valence-corrected chi connectivity index (χ1v) is 6.38. The Balaban J connectivity index is 1.92. The molecule has 0 aliphatic heterocycles. The van der Waals surface area contributed by atoms with Gasteiger partial charge in [-0.05, 0) is 31.6 Å². The highest BCUT2D eigenvalue weighted by Crippen LogP contribution is 2.48. The number of oxazole rings is 1. The number of carbonyl (C=O) groups is 1. The predicted octanol–water partition coefficient (Wildman–Crippen LogP) is 2.43. The monoisotopic (exact) mass is 256 g/mol. The van der Waals surface area contributed by atoms with Crippen molar-refractivity contribution < 1.29 is 9.21 Å². The number of aromatic nitrogens is 1. The molecule has 1 aromatic heterocycles. The van der Waals surface area contributed by atoms with Crippen LogP contribution < -0.4 is 5.32 Å². The first-order chi connectivity index (χ1) is 8.06. The maximum Gasteiger partial charge on any atom is 0.289 e. The van der Waals surface area contributed by atoms with Crippen LogP contribution in [0.1, 0.15) is 41.4 Å². The van der Waals surface area contributed by atoms with Gasteiger partial charge in [0.25, 0.3) is 5.91 Å². The number of halogens is 1. The summed E-state index contributed by atoms with van der Waals surface area (Å²) in [4.78, 5) is 16.0. The Morgan fingerprint density at radius 2 is 2.24 bits per heavy atom. The average Bonchev–Trinajstić information content (AvgIpc) is 2.95. The summed E-state index contributed by atoms with van der Waals surface area (Å²) in [5.41, 5.74) is 0.877. The number of hydrogen-bond acceptors (Lipinski definition) is 3. The van der Waals surface area contributed by atoms with Crippen LogP contribution in [0.4, 0.5) is 0 Å². The first kappa shape index (κ1) is 12.4. The van der Waals surface area contributed by atoms with Crippen LogP contribution in [-0.4, -0.2) is 23.3 Å². The van der Waals surface area contributed by atoms with Gasteiger partial charge in [-0.2, -0.15) is 0 Å². The quantitative estimate of drug-likeness (QED) is 0.824. The van der Waals surface area contributed by atoms with Gasteiger partial charge >= 0.3 is 0 Å². The molecule has 1 saturated carbocycles. The van der Waals surface area contributed by atoms with E-state index in [-0.39, 0.29) is 11.3 Å². The van der Waals surface area contributed by atoms with Crippen molar-refractivity contribution in [3.63, 3.8) is 0 Å². The maximum atomic E-state index is 11.9. The van der Waals surface area contributed by atoms with Gasteiger partial charge in [0, 0.05) is 19.3 Å². The Kier molecular flexibility index (Phi) is 3.43. The molecular weight excluding hydrogens is 240 g/mol. The zero-order valence-corrected chi connectivity index (χ0v) is 10.9. The molecule has 1 N–H and O–H groups in total. The summed E-state index contributed by atoms with van der Waals surface area (Å²) < 4.78 is 5.27. The van der Waals surface area contributed by atoms with Gasteiger partial charge in [-0.15, -0.1) is 11.6 Å². The van der Waals surface area contributed by atoms with Crippen molar-refractivity contribution in [2.75, 3.05) is 12.4 Å². The Morgan fingerprint density at radius 1 is 1.53 bits per heavy atom. The molecule has 0 unspecified atom stereocenters. The number of nitrogens with one attached hydrogen (secondary N) is 1. The fraction of sp³-hybridized carbons (Fsp3) is 0.667. The molecular formula is C12H17ClN2O2. The molecule has 1 heterocycles. The normalized spacial score (nSPS) is 16.9. The third-order valence-electron chi connectivity index (χ3n) is 3.32. The Hall–Kier alpha value is -1.03. The van der Waals surface area contributed by atoms with Crippen LogP contribution in [0.25, 0.3) is 0 Å². The summed E-state index contributed by atoms with van der Waals surface area (Å²) >= 11 is 5.75. The van der Waals surface area contributed by atoms with Crippen LogP contribution in [0.5, 0.6) is 0 Å². The minimum atomic E-state index is -0.177. The second-order valence-electron chi connectivity index (χ2n) is 4.77. The van der Waals surface area contributed by atoms with Gasteiger partial charge in [0.15, 0.2) is 5.89 Å². The van der Waals surface area contributed by atoms with Gasteiger partial charge in [-0.3, -0.25) is 4.79 Å². The van der Waals surface area contributed by atoms with E-state index < -0.39 is 0 Å². The van der Waals surface area contributed by atoms with Crippen molar-refractivity contribution in [3.8, 4) is 0 Å². The van der Waals surface area contributed by atoms with E-state index in [4.69, 9.17) is 16.0 Å². The zero-order valence-electron chi connectivity index (χ0n) is 10.2. The number of aryl methyl sites for hydroxylation is 2. The smallest absolute Gasteiger partial charge is 0.289 e. The minimum Gasteiger partial charge on any atom is -0.436 e. The second-order valence-corrected chi connectivity index (χ2v) is 5.15. The summed E-state index contributed by atoms with van der Waals surface area (Å²) in [6, 6.07) is 0. The van der Waals surface area contributed by atoms with Crippen LogP contribution in [0.15, 0.2) is 4.42 Å². The van der Waals surface area contributed by atoms with E-state index in [2.05, 4.69) is 10.3 Å². The Labute approximate surface area is 106 Å². The Bertz CT molecular complexity index is 424. The lowest BCUT2D eigenvalue weighted by Crippen LogP contribution is -2.30. The number of alkyl halides is 1. The van der Waals surface area contributed by atoms with Crippen LogP contribution in [0.3, 0.4) is 0 Å². The highest BCUT2D eigenvalue weighted by molar-refractivity contribution is 6.17. The van der Waals surface area contributed by atoms with Gasteiger partial charge < -0.3 is 9.73 Å². The standard InChI is InChI=1S/C12H17ClN2O2/c1-8-10(17-9(2)15-8)11(16)14-7-12(3-4-12)5-6-13/h3-7H2,1-2H3,(H,14,16). The number of nitrogens with zero attached hydrogens (tertiary/aromatic N) is 1. The molecule has 0 spiro atoms. The lowest BCUT2D eigenvalue weighted by molar-refractivity contribution is 0.0914. The highest BCUT2D eigenvalue weighted by atomic mass is 35.5. The topological polar surface area (TPSA) is 55.1 Å². The molecule has 4 nitrogen and oxygen atoms in total. The van der Waals surface area contributed by atoms with E-state index in [9.17, 15) is 4.79 Å². The van der Waals surface area contributed by atoms with E-state index in [0.29, 0.717) is 29.8 Å². The summed E-state index contributed by atoms with van der Waals surface area (Å²) in [5, 5.41) is 2.91. The van der Waals surface area contributed by atoms with E-state index >= 15 is 0 Å². The van der Waals surface area contributed by atoms with Crippen molar-refractivity contribution in [1.29, 1.82) is 0 Å². The van der Waals surface area contributed by atoms with Crippen molar-refractivity contribution in [2.24, 2.45) is 5.41 Å². The SMILES string of the molecule is Cc1nc(C)c(C(=O)NCC2(CCCl)CC2)o1. The lowest BCUT2D eigenvalue weighted by Gasteiger charge is -2.13. The molecule has 1 aliphatic rings. The third kappa shape index (κ3) is 2.80. The summed E-state index contributed by atoms with van der Waals surface area (Å²) in [6.45, 7) is 4.19. The molecule has 0 bridgehead atoms. The molecule has 17 heavy (non-hydrogen) atoms. The van der Waals surface area contributed by atoms with Crippen LogP contribution in [0.2, 0.25) is 0 Å². The average molecular weight is 257 g/mol. The van der Waals surface area contributed by atoms with Crippen molar-refractivity contribution in [1.82, 2.24) is 10.3 Å². The molecule has 1 aliphatic carbocycles. The van der Waals surface area contributed by atoms with Gasteiger partial charge in [0.2, 0.25) is 5.76 Å². The first-order valence-electron chi connectivity index (χ1n) is 5.84. The second kappa shape index (κ2) is 4.69. The molecule has 1 aromatic rings. The lowest BCUT2D eigenvalue weighted by atomic mass is 10.0. The predicted molar refractivity (Wildman–Crippen MR) is 65.3 cm³/mol. The molecule has 0 saturated heterocycles. The summed E-state index contributed by atoms with van der Waals surface area (Å²) in [7, 11) is 0. The third-order valence-corrected chi connectivity index (χ3v) is 3.50. The highest BCUT2D eigenvalue weighted by Gasteiger charge is 2.42. The zero-order chi connectivity index (χ0) is 12.5. The number of hydrogen-bond donors (Lipinski definition) is 1. The number of amides is 1. The fourth-order valence-corrected chi connectivity index (χ4v) is 2.38. The van der Waals surface area contributed by atoms with Gasteiger partial charge in [0.05, 0.1) is 5.69 Å². The van der Waals surface area contributed by atoms with E-state index in [1.165, 1.54) is 0 Å². The van der Waals surface area contributed by atoms with E-state index in [1.807, 2.05) is 0 Å². The summed E-state index contributed by atoms with van der Waals surface area (Å²) in [5.74, 6) is 1.32. The summed E-state index contributed by atoms with van der Waals surface area (Å²) in [6.07, 6.45) is 3.26. The van der Waals surface area contributed by atoms with Crippen molar-refractivity contribution in [3.05, 3.63) is 17.3 Å². The molecule has 2 rings (SSSR count). The maximum absolute atomic E-state index is 11.9. The molecule has 1 fully saturated rings. The Morgan fingerprint density at radius 3 is 2.71 bits per heavy atom. The van der Waals surface area contributed by atoms with Gasteiger partial charge in [-0.1, -0.05) is 0 Å². The molecule has 94 valence electrons. The van der Waals surface area contributed by atoms with Crippen molar-refractivity contribution in [2.45, 2.75) is 33.1 Å². The molecule has 0 radical (unpaired) electrons. The number of carbonyl (C=O) groups excluding carboxylic acids is 1. The van der Waals surface area contributed by atoms with E-state index in [0.717, 1.165) is 19.3 Å². The molecule has 0 aromatic carbocycles. The van der Waals surface area contributed by atoms with E-state index in [1.54, 1.807) is 13.8 Å². The van der Waals surface area contributed by atoms with Crippen molar-refractivity contribution >= 4 is 17.5 Å². The minimum absolute atomic E-state index is 0.177. The largest absolute Gasteiger partial charge is 0.436 e. The van der Waals surface area contributed by atoms with Gasteiger partial charge in [0.1, 0.15) is 0 Å². The molecule has 5 heteroatoms. The van der Waals surface area contributed by atoms with Crippen LogP contribution in [0, 0.1) is 19.3 Å². The molecule has 0 atom stereocenters. The molecule has 1 amide bonds. The fourth-order valence-electron chi connectivity index (χ4n) is 1.98. The van der Waals surface area contributed by atoms with Gasteiger partial charge in [-0.25, -0.2) is 4.98 Å². The van der Waals surface area contributed by atoms with Crippen LogP contribution in [-0.2, 0) is 0 Å². The van der Waals surface area contributed by atoms with Crippen LogP contribution >= 0.6 is 11.6 Å².